The van der Waals surface area contributed by atoms with Crippen molar-refractivity contribution in [2.24, 2.45) is 5.92 Å². The van der Waals surface area contributed by atoms with Crippen LogP contribution in [-0.2, 0) is 4.74 Å². The van der Waals surface area contributed by atoms with Crippen LogP contribution in [0.2, 0.25) is 5.02 Å². The Kier molecular flexibility index (Phi) is 6.84. The Morgan fingerprint density at radius 2 is 1.94 bits per heavy atom. The van der Waals surface area contributed by atoms with Crippen LogP contribution in [0, 0.1) is 5.92 Å². The first-order valence-electron chi connectivity index (χ1n) is 10.4. The second-order valence-corrected chi connectivity index (χ2v) is 8.04. The summed E-state index contributed by atoms with van der Waals surface area (Å²) in [5.74, 6) is 0.247. The van der Waals surface area contributed by atoms with Gasteiger partial charge in [0.25, 0.3) is 0 Å². The van der Waals surface area contributed by atoms with E-state index in [0.29, 0.717) is 28.4 Å². The minimum absolute atomic E-state index is 0.0543. The van der Waals surface area contributed by atoms with Crippen molar-refractivity contribution in [2.75, 3.05) is 31.6 Å². The molecule has 0 aliphatic carbocycles. The van der Waals surface area contributed by atoms with E-state index >= 15 is 0 Å². The number of nitrogens with one attached hydrogen (secondary N) is 1. The fourth-order valence-electron chi connectivity index (χ4n) is 3.85. The van der Waals surface area contributed by atoms with Crippen molar-refractivity contribution in [3.63, 3.8) is 0 Å². The number of carbonyl (C=O) groups is 2. The molecule has 1 amide bonds. The van der Waals surface area contributed by atoms with E-state index in [1.54, 1.807) is 42.5 Å². The van der Waals surface area contributed by atoms with Crippen molar-refractivity contribution in [3.05, 3.63) is 59.4 Å². The second-order valence-electron chi connectivity index (χ2n) is 7.61. The molecule has 0 radical (unpaired) electrons. The highest BCUT2D eigenvalue weighted by molar-refractivity contribution is 6.30. The number of nitrogens with zero attached hydrogens (tertiary/aromatic N) is 2. The lowest BCUT2D eigenvalue weighted by Crippen LogP contribution is -2.37. The molecule has 0 spiro atoms. The minimum atomic E-state index is -0.511. The fraction of sp³-hybridized carbons (Fsp3) is 0.348. The van der Waals surface area contributed by atoms with Crippen LogP contribution in [0.1, 0.15) is 29.6 Å². The van der Waals surface area contributed by atoms with Gasteiger partial charge in [0, 0.05) is 23.0 Å². The molecule has 1 N–H and O–H groups in total. The van der Waals surface area contributed by atoms with E-state index in [4.69, 9.17) is 20.8 Å². The van der Waals surface area contributed by atoms with Crippen molar-refractivity contribution < 1.29 is 18.7 Å². The molecule has 4 rings (SSSR count). The Morgan fingerprint density at radius 3 is 2.71 bits per heavy atom. The summed E-state index contributed by atoms with van der Waals surface area (Å²) in [6.07, 6.45) is 3.24. The van der Waals surface area contributed by atoms with Crippen molar-refractivity contribution >= 4 is 40.3 Å². The molecule has 1 aliphatic heterocycles. The Hall–Kier alpha value is -2.90. The molecular weight excluding hydrogens is 418 g/mol. The molecule has 1 fully saturated rings. The van der Waals surface area contributed by atoms with E-state index < -0.39 is 6.09 Å². The first-order valence-corrected chi connectivity index (χ1v) is 10.8. The summed E-state index contributed by atoms with van der Waals surface area (Å²) in [7, 11) is 0. The number of halogens is 1. The molecule has 1 saturated heterocycles. The van der Waals surface area contributed by atoms with Crippen molar-refractivity contribution in [2.45, 2.75) is 19.3 Å². The lowest BCUT2D eigenvalue weighted by molar-refractivity contribution is 0.0830. The average molecular weight is 442 g/mol. The van der Waals surface area contributed by atoms with Gasteiger partial charge in [0.05, 0.1) is 12.3 Å². The van der Waals surface area contributed by atoms with Crippen LogP contribution in [-0.4, -0.2) is 48.0 Å². The van der Waals surface area contributed by atoms with Gasteiger partial charge < -0.3 is 14.1 Å². The van der Waals surface area contributed by atoms with Crippen molar-refractivity contribution in [1.82, 2.24) is 9.88 Å². The van der Waals surface area contributed by atoms with Gasteiger partial charge in [0.15, 0.2) is 17.8 Å². The third kappa shape index (κ3) is 5.42. The van der Waals surface area contributed by atoms with E-state index in [1.165, 1.54) is 6.39 Å². The third-order valence-corrected chi connectivity index (χ3v) is 5.79. The fourth-order valence-corrected chi connectivity index (χ4v) is 3.98. The van der Waals surface area contributed by atoms with E-state index in [-0.39, 0.29) is 11.7 Å². The van der Waals surface area contributed by atoms with Crippen molar-refractivity contribution in [3.8, 4) is 0 Å². The highest BCUT2D eigenvalue weighted by Gasteiger charge is 2.25. The number of para-hydroxylation sites is 1. The predicted molar refractivity (Wildman–Crippen MR) is 119 cm³/mol. The number of benzene rings is 2. The molecule has 0 unspecified atom stereocenters. The monoisotopic (exact) mass is 441 g/mol. The molecule has 31 heavy (non-hydrogen) atoms. The Bertz CT molecular complexity index is 1040. The Morgan fingerprint density at radius 1 is 1.16 bits per heavy atom. The number of rotatable bonds is 7. The number of piperidine rings is 1. The summed E-state index contributed by atoms with van der Waals surface area (Å²) in [5, 5.41) is 3.34. The summed E-state index contributed by atoms with van der Waals surface area (Å²) in [5.41, 5.74) is 2.48. The standard InChI is InChI=1S/C23H24ClN3O4/c24-18-7-5-16(6-8-18)22(28)17-9-12-27(13-10-17)11-2-14-30-23(29)26-19-3-1-4-20-21(19)25-15-31-20/h1,3-8,15,17H,2,9-14H2,(H,26,29). The van der Waals surface area contributed by atoms with Crippen LogP contribution in [0.15, 0.2) is 53.3 Å². The van der Waals surface area contributed by atoms with E-state index in [9.17, 15) is 9.59 Å². The number of fused-ring (bicyclic) bond motifs is 1. The molecule has 0 atom stereocenters. The number of likely N-dealkylation sites (tertiary alicyclic amines) is 1. The van der Waals surface area contributed by atoms with Gasteiger partial charge in [-0.2, -0.15) is 0 Å². The van der Waals surface area contributed by atoms with E-state index in [2.05, 4.69) is 15.2 Å². The smallest absolute Gasteiger partial charge is 0.411 e. The van der Waals surface area contributed by atoms with Gasteiger partial charge in [-0.3, -0.25) is 10.1 Å². The zero-order valence-electron chi connectivity index (χ0n) is 17.1. The Labute approximate surface area is 185 Å². The van der Waals surface area contributed by atoms with Gasteiger partial charge in [0.2, 0.25) is 0 Å². The summed E-state index contributed by atoms with van der Waals surface area (Å²) in [4.78, 5) is 31.1. The molecule has 8 heteroatoms. The third-order valence-electron chi connectivity index (χ3n) is 5.54. The number of Topliss-reactive ketones (excluding diaryl/α,β-unsaturated/α-hetero) is 1. The molecule has 2 aromatic carbocycles. The minimum Gasteiger partial charge on any atom is -0.449 e. The normalized spacial score (nSPS) is 15.1. The van der Waals surface area contributed by atoms with Crippen LogP contribution >= 0.6 is 11.6 Å². The number of aromatic nitrogens is 1. The first kappa shape index (κ1) is 21.3. The molecule has 0 bridgehead atoms. The maximum Gasteiger partial charge on any atom is 0.411 e. The zero-order valence-corrected chi connectivity index (χ0v) is 17.8. The molecular formula is C23H24ClN3O4. The van der Waals surface area contributed by atoms with Crippen LogP contribution in [0.3, 0.4) is 0 Å². The molecule has 1 aromatic heterocycles. The molecule has 0 saturated carbocycles. The number of ether oxygens (including phenoxy) is 1. The van der Waals surface area contributed by atoms with Crippen LogP contribution in [0.5, 0.6) is 0 Å². The largest absolute Gasteiger partial charge is 0.449 e. The van der Waals surface area contributed by atoms with Gasteiger partial charge >= 0.3 is 6.09 Å². The summed E-state index contributed by atoms with van der Waals surface area (Å²) >= 11 is 5.90. The lowest BCUT2D eigenvalue weighted by atomic mass is 9.89. The second kappa shape index (κ2) is 9.94. The maximum absolute atomic E-state index is 12.6. The Balaban J connectivity index is 1.15. The number of oxazole rings is 1. The topological polar surface area (TPSA) is 84.7 Å². The van der Waals surface area contributed by atoms with Gasteiger partial charge in [-0.05, 0) is 68.8 Å². The maximum atomic E-state index is 12.6. The summed E-state index contributed by atoms with van der Waals surface area (Å²) < 4.78 is 10.5. The molecule has 2 heterocycles. The first-order chi connectivity index (χ1) is 15.1. The number of anilines is 1. The summed E-state index contributed by atoms with van der Waals surface area (Å²) in [6, 6.07) is 12.4. The van der Waals surface area contributed by atoms with E-state index in [1.807, 2.05) is 0 Å². The van der Waals surface area contributed by atoms with Gasteiger partial charge in [0.1, 0.15) is 5.52 Å². The van der Waals surface area contributed by atoms with E-state index in [0.717, 1.165) is 44.5 Å². The quantitative estimate of drug-likeness (QED) is 0.409. The van der Waals surface area contributed by atoms with Gasteiger partial charge in [-0.25, -0.2) is 9.78 Å². The van der Waals surface area contributed by atoms with Crippen LogP contribution in [0.4, 0.5) is 10.5 Å². The SMILES string of the molecule is O=C(Nc1cccc2ocnc12)OCCCN1CCC(C(=O)c2ccc(Cl)cc2)CC1. The molecule has 7 nitrogen and oxygen atoms in total. The highest BCUT2D eigenvalue weighted by Crippen LogP contribution is 2.23. The van der Waals surface area contributed by atoms with Gasteiger partial charge in [-0.15, -0.1) is 0 Å². The van der Waals surface area contributed by atoms with Crippen molar-refractivity contribution in [1.29, 1.82) is 0 Å². The lowest BCUT2D eigenvalue weighted by Gasteiger charge is -2.31. The number of hydrogen-bond donors (Lipinski definition) is 1. The summed E-state index contributed by atoms with van der Waals surface area (Å²) in [6.45, 7) is 2.88. The average Bonchev–Trinajstić information content (AvgIpc) is 3.27. The number of amides is 1. The number of hydrogen-bond acceptors (Lipinski definition) is 6. The van der Waals surface area contributed by atoms with Crippen LogP contribution in [0.25, 0.3) is 11.1 Å². The van der Waals surface area contributed by atoms with Crippen LogP contribution < -0.4 is 5.32 Å². The molecule has 3 aromatic rings. The molecule has 1 aliphatic rings. The number of carbonyl (C=O) groups excluding carboxylic acids is 2. The highest BCUT2D eigenvalue weighted by atomic mass is 35.5. The van der Waals surface area contributed by atoms with Gasteiger partial charge in [-0.1, -0.05) is 17.7 Å². The zero-order chi connectivity index (χ0) is 21.6. The number of ketones is 1. The predicted octanol–water partition coefficient (Wildman–Crippen LogP) is 5.01. The molecule has 162 valence electrons.